The van der Waals surface area contributed by atoms with Crippen molar-refractivity contribution in [2.45, 2.75) is 31.5 Å². The Hall–Kier alpha value is -1.77. The van der Waals surface area contributed by atoms with E-state index >= 15 is 0 Å². The Labute approximate surface area is 146 Å². The molecule has 1 fully saturated rings. The molecule has 1 aliphatic heterocycles. The summed E-state index contributed by atoms with van der Waals surface area (Å²) in [6.45, 7) is 2.73. The number of hydrogen-bond acceptors (Lipinski definition) is 5. The summed E-state index contributed by atoms with van der Waals surface area (Å²) in [6.07, 6.45) is 3.38. The number of hydrogen-bond donors (Lipinski definition) is 2. The van der Waals surface area contributed by atoms with Crippen molar-refractivity contribution < 1.29 is 17.9 Å². The van der Waals surface area contributed by atoms with Crippen molar-refractivity contribution in [2.24, 2.45) is 0 Å². The average Bonchev–Trinajstić information content (AvgIpc) is 3.13. The van der Waals surface area contributed by atoms with Crippen LogP contribution >= 0.6 is 0 Å². The van der Waals surface area contributed by atoms with Crippen molar-refractivity contribution in [1.82, 2.24) is 15.1 Å². The van der Waals surface area contributed by atoms with Crippen molar-refractivity contribution in [3.63, 3.8) is 0 Å². The molecule has 2 N–H and O–H groups in total. The highest BCUT2D eigenvalue weighted by Gasteiger charge is 2.40. The Balaban J connectivity index is 1.55. The van der Waals surface area contributed by atoms with Crippen LogP contribution < -0.4 is 5.32 Å². The van der Waals surface area contributed by atoms with E-state index in [1.807, 2.05) is 13.1 Å². The van der Waals surface area contributed by atoms with Gasteiger partial charge in [-0.2, -0.15) is 5.10 Å². The quantitative estimate of drug-likeness (QED) is 0.806. The Morgan fingerprint density at radius 1 is 1.40 bits per heavy atom. The predicted octanol–water partition coefficient (Wildman–Crippen LogP) is 1.38. The minimum atomic E-state index is -2.99. The number of sulfone groups is 1. The predicted molar refractivity (Wildman–Crippen MR) is 92.2 cm³/mol. The van der Waals surface area contributed by atoms with Gasteiger partial charge in [0.2, 0.25) is 0 Å². The van der Waals surface area contributed by atoms with Crippen LogP contribution in [0.3, 0.4) is 0 Å². The smallest absolute Gasteiger partial charge is 0.152 e. The van der Waals surface area contributed by atoms with E-state index in [9.17, 15) is 17.9 Å². The molecule has 1 aliphatic rings. The maximum atomic E-state index is 12.9. The molecule has 1 saturated heterocycles. The van der Waals surface area contributed by atoms with Crippen LogP contribution in [-0.2, 0) is 21.9 Å². The summed E-state index contributed by atoms with van der Waals surface area (Å²) in [5.74, 6) is -0.0303. The lowest BCUT2D eigenvalue weighted by atomic mass is 10.0. The lowest BCUT2D eigenvalue weighted by molar-refractivity contribution is 0.174. The second-order valence-electron chi connectivity index (χ2n) is 6.83. The largest absolute Gasteiger partial charge is 0.387 e. The van der Waals surface area contributed by atoms with Crippen LogP contribution in [0.1, 0.15) is 30.6 Å². The van der Waals surface area contributed by atoms with Crippen LogP contribution in [-0.4, -0.2) is 41.4 Å². The fourth-order valence-electron chi connectivity index (χ4n) is 3.08. The summed E-state index contributed by atoms with van der Waals surface area (Å²) in [4.78, 5) is 0. The fraction of sp³-hybridized carbons (Fsp3) is 0.471. The van der Waals surface area contributed by atoms with E-state index in [-0.39, 0.29) is 17.3 Å². The van der Waals surface area contributed by atoms with E-state index < -0.39 is 21.5 Å². The Morgan fingerprint density at radius 3 is 2.76 bits per heavy atom. The van der Waals surface area contributed by atoms with E-state index in [1.54, 1.807) is 23.0 Å². The minimum absolute atomic E-state index is 0.109. The van der Waals surface area contributed by atoms with E-state index in [0.717, 1.165) is 5.56 Å². The Kier molecular flexibility index (Phi) is 4.95. The van der Waals surface area contributed by atoms with Crippen molar-refractivity contribution in [3.8, 4) is 0 Å². The molecule has 2 heterocycles. The van der Waals surface area contributed by atoms with E-state index in [2.05, 4.69) is 10.4 Å². The molecule has 1 aromatic carbocycles. The van der Waals surface area contributed by atoms with Gasteiger partial charge >= 0.3 is 0 Å². The van der Waals surface area contributed by atoms with E-state index in [0.29, 0.717) is 25.1 Å². The summed E-state index contributed by atoms with van der Waals surface area (Å²) in [5, 5.41) is 17.5. The lowest BCUT2D eigenvalue weighted by Crippen LogP contribution is -2.31. The SMILES string of the molecule is CC1(n2cc(CNCC(O)c3ccc(F)cc3)cn2)CCS(=O)(=O)C1. The van der Waals surface area contributed by atoms with Gasteiger partial charge in [-0.25, -0.2) is 12.8 Å². The number of rotatable bonds is 6. The number of aliphatic hydroxyl groups is 1. The van der Waals surface area contributed by atoms with Crippen LogP contribution in [0.15, 0.2) is 36.7 Å². The first kappa shape index (κ1) is 18.0. The first-order chi connectivity index (χ1) is 11.8. The van der Waals surface area contributed by atoms with Gasteiger partial charge in [-0.1, -0.05) is 12.1 Å². The molecule has 0 aliphatic carbocycles. The van der Waals surface area contributed by atoms with Crippen molar-refractivity contribution in [1.29, 1.82) is 0 Å². The van der Waals surface area contributed by atoms with Crippen LogP contribution in [0.4, 0.5) is 4.39 Å². The minimum Gasteiger partial charge on any atom is -0.387 e. The average molecular weight is 367 g/mol. The third kappa shape index (κ3) is 4.26. The van der Waals surface area contributed by atoms with Gasteiger partial charge in [0, 0.05) is 24.8 Å². The third-order valence-corrected chi connectivity index (χ3v) is 6.48. The molecule has 0 radical (unpaired) electrons. The first-order valence-corrected chi connectivity index (χ1v) is 9.98. The van der Waals surface area contributed by atoms with Crippen molar-refractivity contribution in [3.05, 3.63) is 53.6 Å². The standard InChI is InChI=1S/C17H22FN3O3S/c1-17(6-7-25(23,24)12-17)21-11-13(9-20-21)8-19-10-16(22)14-2-4-15(18)5-3-14/h2-5,9,11,16,19,22H,6-8,10,12H2,1H3. The molecule has 6 nitrogen and oxygen atoms in total. The Bertz CT molecular complexity index is 835. The molecule has 8 heteroatoms. The molecule has 2 unspecified atom stereocenters. The number of halogens is 1. The van der Waals surface area contributed by atoms with Gasteiger partial charge in [0.25, 0.3) is 0 Å². The highest BCUT2D eigenvalue weighted by Crippen LogP contribution is 2.30. The molecule has 1 aromatic heterocycles. The summed E-state index contributed by atoms with van der Waals surface area (Å²) < 4.78 is 38.1. The van der Waals surface area contributed by atoms with E-state index in [1.165, 1.54) is 12.1 Å². The molecule has 0 bridgehead atoms. The molecule has 2 aromatic rings. The molecule has 0 spiro atoms. The molecule has 0 amide bonds. The summed E-state index contributed by atoms with van der Waals surface area (Å²) in [5.41, 5.74) is 1.06. The maximum absolute atomic E-state index is 12.9. The van der Waals surface area contributed by atoms with Gasteiger partial charge in [0.1, 0.15) is 5.82 Å². The molecular weight excluding hydrogens is 345 g/mol. The van der Waals surface area contributed by atoms with Gasteiger partial charge in [-0.15, -0.1) is 0 Å². The summed E-state index contributed by atoms with van der Waals surface area (Å²) >= 11 is 0. The molecule has 136 valence electrons. The van der Waals surface area contributed by atoms with Crippen molar-refractivity contribution >= 4 is 9.84 Å². The molecule has 25 heavy (non-hydrogen) atoms. The zero-order valence-electron chi connectivity index (χ0n) is 14.0. The molecular formula is C17H22FN3O3S. The third-order valence-electron chi connectivity index (χ3n) is 4.59. The van der Waals surface area contributed by atoms with Gasteiger partial charge in [0.05, 0.1) is 29.3 Å². The molecule has 0 saturated carbocycles. The van der Waals surface area contributed by atoms with Crippen LogP contribution in [0.2, 0.25) is 0 Å². The number of aliphatic hydroxyl groups excluding tert-OH is 1. The maximum Gasteiger partial charge on any atom is 0.152 e. The lowest BCUT2D eigenvalue weighted by Gasteiger charge is -2.22. The van der Waals surface area contributed by atoms with E-state index in [4.69, 9.17) is 0 Å². The second-order valence-corrected chi connectivity index (χ2v) is 9.01. The highest BCUT2D eigenvalue weighted by atomic mass is 32.2. The highest BCUT2D eigenvalue weighted by molar-refractivity contribution is 7.91. The number of nitrogens with one attached hydrogen (secondary N) is 1. The number of nitrogens with zero attached hydrogens (tertiary/aromatic N) is 2. The van der Waals surface area contributed by atoms with Gasteiger partial charge < -0.3 is 10.4 Å². The zero-order chi connectivity index (χ0) is 18.1. The normalized spacial score (nSPS) is 23.6. The number of benzene rings is 1. The molecule has 2 atom stereocenters. The van der Waals surface area contributed by atoms with Gasteiger partial charge in [-0.05, 0) is 31.0 Å². The summed E-state index contributed by atoms with van der Waals surface area (Å²) in [6, 6.07) is 5.75. The first-order valence-electron chi connectivity index (χ1n) is 8.16. The van der Waals surface area contributed by atoms with Gasteiger partial charge in [0.15, 0.2) is 9.84 Å². The fourth-order valence-corrected chi connectivity index (χ4v) is 5.20. The monoisotopic (exact) mass is 367 g/mol. The topological polar surface area (TPSA) is 84.2 Å². The summed E-state index contributed by atoms with van der Waals surface area (Å²) in [7, 11) is -2.99. The van der Waals surface area contributed by atoms with Crippen LogP contribution in [0.5, 0.6) is 0 Å². The van der Waals surface area contributed by atoms with Crippen LogP contribution in [0.25, 0.3) is 0 Å². The Morgan fingerprint density at radius 2 is 2.12 bits per heavy atom. The number of aromatic nitrogens is 2. The second kappa shape index (κ2) is 6.86. The van der Waals surface area contributed by atoms with Crippen LogP contribution in [0, 0.1) is 5.82 Å². The zero-order valence-corrected chi connectivity index (χ0v) is 14.8. The van der Waals surface area contributed by atoms with Gasteiger partial charge in [-0.3, -0.25) is 4.68 Å². The van der Waals surface area contributed by atoms with Crippen molar-refractivity contribution in [2.75, 3.05) is 18.1 Å². The molecule has 3 rings (SSSR count).